The minimum absolute atomic E-state index is 0.623. The van der Waals surface area contributed by atoms with E-state index in [-0.39, 0.29) is 0 Å². The van der Waals surface area contributed by atoms with Crippen molar-refractivity contribution in [3.05, 3.63) is 18.3 Å². The first-order chi connectivity index (χ1) is 6.36. The van der Waals surface area contributed by atoms with Crippen molar-refractivity contribution in [2.75, 3.05) is 5.73 Å². The van der Waals surface area contributed by atoms with Crippen LogP contribution in [0.4, 0.5) is 5.82 Å². The molecule has 13 heavy (non-hydrogen) atoms. The lowest BCUT2D eigenvalue weighted by atomic mass is 10.3. The van der Waals surface area contributed by atoms with Crippen molar-refractivity contribution in [2.45, 2.75) is 0 Å². The monoisotopic (exact) mass is 190 g/mol. The van der Waals surface area contributed by atoms with Crippen molar-refractivity contribution in [3.8, 4) is 0 Å². The highest BCUT2D eigenvalue weighted by Crippen LogP contribution is 2.33. The van der Waals surface area contributed by atoms with Crippen molar-refractivity contribution >= 4 is 37.6 Å². The molecule has 0 aliphatic carbocycles. The number of thiophene rings is 1. The van der Waals surface area contributed by atoms with Gasteiger partial charge >= 0.3 is 0 Å². The van der Waals surface area contributed by atoms with Crippen molar-refractivity contribution < 1.29 is 0 Å². The van der Waals surface area contributed by atoms with Gasteiger partial charge < -0.3 is 5.73 Å². The summed E-state index contributed by atoms with van der Waals surface area (Å²) in [6.07, 6.45) is 1.78. The van der Waals surface area contributed by atoms with E-state index < -0.39 is 0 Å². The van der Waals surface area contributed by atoms with Gasteiger partial charge in [-0.25, -0.2) is 4.98 Å². The van der Waals surface area contributed by atoms with Crippen molar-refractivity contribution in [2.24, 2.45) is 0 Å². The van der Waals surface area contributed by atoms with Crippen LogP contribution in [0.2, 0.25) is 0 Å². The molecule has 0 saturated carbocycles. The molecule has 0 aliphatic heterocycles. The molecule has 3 aromatic heterocycles. The molecule has 4 nitrogen and oxygen atoms in total. The fourth-order valence-corrected chi connectivity index (χ4v) is 2.37. The van der Waals surface area contributed by atoms with E-state index in [2.05, 4.69) is 15.2 Å². The molecule has 3 heterocycles. The van der Waals surface area contributed by atoms with Crippen LogP contribution in [0.5, 0.6) is 0 Å². The molecule has 0 atom stereocenters. The Bertz CT molecular complexity index is 580. The number of rotatable bonds is 0. The summed E-state index contributed by atoms with van der Waals surface area (Å²) in [4.78, 5) is 5.23. The van der Waals surface area contributed by atoms with Gasteiger partial charge in [-0.2, -0.15) is 5.10 Å². The Morgan fingerprint density at radius 1 is 1.46 bits per heavy atom. The first kappa shape index (κ1) is 6.85. The molecule has 0 saturated heterocycles. The molecule has 0 unspecified atom stereocenters. The highest BCUT2D eigenvalue weighted by Gasteiger charge is 2.10. The summed E-state index contributed by atoms with van der Waals surface area (Å²) in [7, 11) is 0. The summed E-state index contributed by atoms with van der Waals surface area (Å²) < 4.78 is 0.994. The molecule has 0 fully saturated rings. The predicted octanol–water partition coefficient (Wildman–Crippen LogP) is 1.75. The molecule has 64 valence electrons. The Labute approximate surface area is 77.4 Å². The number of hydrogen-bond acceptors (Lipinski definition) is 4. The zero-order chi connectivity index (χ0) is 8.84. The largest absolute Gasteiger partial charge is 0.383 e. The molecular formula is C8H6N4S. The second-order valence-electron chi connectivity index (χ2n) is 2.77. The van der Waals surface area contributed by atoms with E-state index >= 15 is 0 Å². The van der Waals surface area contributed by atoms with Gasteiger partial charge in [0.25, 0.3) is 0 Å². The van der Waals surface area contributed by atoms with Crippen LogP contribution in [0.1, 0.15) is 0 Å². The van der Waals surface area contributed by atoms with Crippen LogP contribution in [-0.2, 0) is 0 Å². The lowest BCUT2D eigenvalue weighted by molar-refractivity contribution is 1.13. The number of nitrogens with two attached hydrogens (primary N) is 1. The van der Waals surface area contributed by atoms with Crippen molar-refractivity contribution in [3.63, 3.8) is 0 Å². The Morgan fingerprint density at radius 2 is 2.38 bits per heavy atom. The zero-order valence-electron chi connectivity index (χ0n) is 6.61. The van der Waals surface area contributed by atoms with Crippen molar-refractivity contribution in [1.29, 1.82) is 0 Å². The van der Waals surface area contributed by atoms with E-state index in [1.807, 2.05) is 12.1 Å². The Hall–Kier alpha value is -1.62. The third-order valence-corrected chi connectivity index (χ3v) is 3.11. The summed E-state index contributed by atoms with van der Waals surface area (Å²) in [5, 5.41) is 7.95. The first-order valence-electron chi connectivity index (χ1n) is 3.83. The molecule has 0 spiro atoms. The minimum Gasteiger partial charge on any atom is -0.383 e. The normalized spacial score (nSPS) is 11.4. The zero-order valence-corrected chi connectivity index (χ0v) is 7.43. The summed E-state index contributed by atoms with van der Waals surface area (Å²) in [5.41, 5.74) is 6.63. The van der Waals surface area contributed by atoms with E-state index in [0.29, 0.717) is 5.82 Å². The highest BCUT2D eigenvalue weighted by molar-refractivity contribution is 7.25. The fraction of sp³-hybridized carbons (Fsp3) is 0. The number of pyridine rings is 1. The average Bonchev–Trinajstić information content (AvgIpc) is 2.67. The molecule has 3 N–H and O–H groups in total. The maximum Gasteiger partial charge on any atom is 0.137 e. The SMILES string of the molecule is Nc1[nH]nc2c1sc1ncccc12. The molecule has 0 aromatic carbocycles. The molecule has 3 rings (SSSR count). The number of hydrogen-bond donors (Lipinski definition) is 2. The maximum absolute atomic E-state index is 5.70. The lowest BCUT2D eigenvalue weighted by Gasteiger charge is -1.84. The number of aromatic amines is 1. The van der Waals surface area contributed by atoms with Crippen LogP contribution in [0.3, 0.4) is 0 Å². The van der Waals surface area contributed by atoms with Crippen molar-refractivity contribution in [1.82, 2.24) is 15.2 Å². The number of H-pyrrole nitrogens is 1. The third-order valence-electron chi connectivity index (χ3n) is 1.97. The van der Waals surface area contributed by atoms with Gasteiger partial charge in [0.15, 0.2) is 0 Å². The summed E-state index contributed by atoms with van der Waals surface area (Å²) in [6, 6.07) is 3.90. The minimum atomic E-state index is 0.623. The van der Waals surface area contributed by atoms with Gasteiger partial charge in [0.2, 0.25) is 0 Å². The van der Waals surface area contributed by atoms with Gasteiger partial charge in [0.1, 0.15) is 16.2 Å². The quantitative estimate of drug-likeness (QED) is 0.567. The smallest absolute Gasteiger partial charge is 0.137 e. The second-order valence-corrected chi connectivity index (χ2v) is 3.77. The number of nitrogens with zero attached hydrogens (tertiary/aromatic N) is 2. The lowest BCUT2D eigenvalue weighted by Crippen LogP contribution is -1.82. The van der Waals surface area contributed by atoms with Gasteiger partial charge in [0, 0.05) is 11.6 Å². The Morgan fingerprint density at radius 3 is 3.31 bits per heavy atom. The van der Waals surface area contributed by atoms with Crippen LogP contribution in [0.25, 0.3) is 20.4 Å². The van der Waals surface area contributed by atoms with Gasteiger partial charge in [0.05, 0.1) is 4.70 Å². The predicted molar refractivity (Wildman–Crippen MR) is 53.7 cm³/mol. The molecule has 0 radical (unpaired) electrons. The van der Waals surface area contributed by atoms with Crippen LogP contribution in [0, 0.1) is 0 Å². The van der Waals surface area contributed by atoms with E-state index in [9.17, 15) is 0 Å². The molecule has 0 aliphatic rings. The van der Waals surface area contributed by atoms with Gasteiger partial charge in [-0.05, 0) is 12.1 Å². The fourth-order valence-electron chi connectivity index (χ4n) is 1.38. The number of fused-ring (bicyclic) bond motifs is 3. The van der Waals surface area contributed by atoms with E-state index in [0.717, 1.165) is 20.4 Å². The van der Waals surface area contributed by atoms with Gasteiger partial charge in [-0.15, -0.1) is 11.3 Å². The summed E-state index contributed by atoms with van der Waals surface area (Å²) >= 11 is 1.57. The number of nitrogens with one attached hydrogen (secondary N) is 1. The molecule has 3 aromatic rings. The average molecular weight is 190 g/mol. The van der Waals surface area contributed by atoms with Crippen LogP contribution < -0.4 is 5.73 Å². The van der Waals surface area contributed by atoms with E-state index in [4.69, 9.17) is 5.73 Å². The van der Waals surface area contributed by atoms with E-state index in [1.54, 1.807) is 17.5 Å². The molecule has 0 bridgehead atoms. The van der Waals surface area contributed by atoms with Crippen LogP contribution in [0.15, 0.2) is 18.3 Å². The number of aromatic nitrogens is 3. The third kappa shape index (κ3) is 0.790. The second kappa shape index (κ2) is 2.20. The number of nitrogen functional groups attached to an aromatic ring is 1. The van der Waals surface area contributed by atoms with Crippen LogP contribution in [-0.4, -0.2) is 15.2 Å². The summed E-state index contributed by atoms with van der Waals surface area (Å²) in [6.45, 7) is 0. The van der Waals surface area contributed by atoms with Crippen LogP contribution >= 0.6 is 11.3 Å². The maximum atomic E-state index is 5.70. The summed E-state index contributed by atoms with van der Waals surface area (Å²) in [5.74, 6) is 0.623. The van der Waals surface area contributed by atoms with Gasteiger partial charge in [-0.3, -0.25) is 5.10 Å². The first-order valence-corrected chi connectivity index (χ1v) is 4.65. The Balaban J connectivity index is 2.64. The highest BCUT2D eigenvalue weighted by atomic mass is 32.1. The Kier molecular flexibility index (Phi) is 1.16. The molecular weight excluding hydrogens is 184 g/mol. The van der Waals surface area contributed by atoms with Gasteiger partial charge in [-0.1, -0.05) is 0 Å². The standard InChI is InChI=1S/C8H6N4S/c9-7-6-5(11-12-7)4-2-1-3-10-8(4)13-6/h1-3H,(H3,9,11,12). The van der Waals surface area contributed by atoms with E-state index in [1.165, 1.54) is 0 Å². The topological polar surface area (TPSA) is 67.6 Å². The molecule has 0 amide bonds. The number of anilines is 1. The molecule has 5 heteroatoms.